The first kappa shape index (κ1) is 19.3. The summed E-state index contributed by atoms with van der Waals surface area (Å²) in [6.07, 6.45) is 1.60. The van der Waals surface area contributed by atoms with Crippen LogP contribution in [0.5, 0.6) is 11.5 Å². The fraction of sp³-hybridized carbons (Fsp3) is 0.600. The molecule has 0 aromatic heterocycles. The highest BCUT2D eigenvalue weighted by atomic mass is 16.6. The molecule has 1 spiro atoms. The third kappa shape index (κ3) is 4.28. The summed E-state index contributed by atoms with van der Waals surface area (Å²) in [5.74, 6) is 0.674. The summed E-state index contributed by atoms with van der Waals surface area (Å²) >= 11 is 0. The molecule has 1 N–H and O–H groups in total. The van der Waals surface area contributed by atoms with Gasteiger partial charge in [0.2, 0.25) is 5.91 Å². The van der Waals surface area contributed by atoms with E-state index < -0.39 is 5.60 Å². The second kappa shape index (κ2) is 6.94. The fourth-order valence-corrected chi connectivity index (χ4v) is 3.58. The lowest BCUT2D eigenvalue weighted by atomic mass is 10.1. The van der Waals surface area contributed by atoms with Gasteiger partial charge >= 0.3 is 6.09 Å². The van der Waals surface area contributed by atoms with E-state index in [4.69, 9.17) is 9.47 Å². The SMILES string of the molecule is COc1ccc(O)cc1CC(=O)N1CCN(C(=O)OC(C)(C)C)CC12CC2. The number of hydrogen-bond donors (Lipinski definition) is 1. The lowest BCUT2D eigenvalue weighted by Crippen LogP contribution is -2.59. The Bertz CT molecular complexity index is 736. The standard InChI is InChI=1S/C20H28N2O5/c1-19(2,3)27-18(25)21-9-10-22(20(13-21)7-8-20)17(24)12-14-11-15(23)5-6-16(14)26-4/h5-6,11,23H,7-10,12-13H2,1-4H3. The van der Waals surface area contributed by atoms with E-state index in [1.165, 1.54) is 6.07 Å². The zero-order valence-corrected chi connectivity index (χ0v) is 16.4. The Morgan fingerprint density at radius 1 is 1.22 bits per heavy atom. The van der Waals surface area contributed by atoms with Gasteiger partial charge in [-0.05, 0) is 51.8 Å². The van der Waals surface area contributed by atoms with Crippen LogP contribution in [0.2, 0.25) is 0 Å². The van der Waals surface area contributed by atoms with E-state index in [2.05, 4.69) is 0 Å². The van der Waals surface area contributed by atoms with Crippen molar-refractivity contribution in [1.82, 2.24) is 9.80 Å². The fourth-order valence-electron chi connectivity index (χ4n) is 3.58. The van der Waals surface area contributed by atoms with Crippen molar-refractivity contribution >= 4 is 12.0 Å². The summed E-state index contributed by atoms with van der Waals surface area (Å²) in [5.41, 5.74) is -0.156. The van der Waals surface area contributed by atoms with Crippen LogP contribution in [0.4, 0.5) is 4.79 Å². The van der Waals surface area contributed by atoms with Crippen LogP contribution in [0.15, 0.2) is 18.2 Å². The number of nitrogens with zero attached hydrogens (tertiary/aromatic N) is 2. The molecule has 2 amide bonds. The number of methoxy groups -OCH3 is 1. The predicted octanol–water partition coefficient (Wildman–Crippen LogP) is 2.56. The van der Waals surface area contributed by atoms with Gasteiger partial charge in [0.25, 0.3) is 0 Å². The molecular formula is C20H28N2O5. The Labute approximate surface area is 159 Å². The molecule has 27 heavy (non-hydrogen) atoms. The lowest BCUT2D eigenvalue weighted by Gasteiger charge is -2.42. The molecule has 1 aromatic rings. The quantitative estimate of drug-likeness (QED) is 0.877. The lowest BCUT2D eigenvalue weighted by molar-refractivity contribution is -0.136. The summed E-state index contributed by atoms with van der Waals surface area (Å²) in [4.78, 5) is 28.9. The number of piperazine rings is 1. The van der Waals surface area contributed by atoms with E-state index in [0.717, 1.165) is 12.8 Å². The molecule has 148 valence electrons. The first-order valence-electron chi connectivity index (χ1n) is 9.28. The Morgan fingerprint density at radius 3 is 2.52 bits per heavy atom. The molecule has 0 atom stereocenters. The largest absolute Gasteiger partial charge is 0.508 e. The highest BCUT2D eigenvalue weighted by molar-refractivity contribution is 5.81. The zero-order valence-electron chi connectivity index (χ0n) is 16.4. The van der Waals surface area contributed by atoms with Crippen molar-refractivity contribution in [1.29, 1.82) is 0 Å². The summed E-state index contributed by atoms with van der Waals surface area (Å²) in [7, 11) is 1.54. The molecule has 1 heterocycles. The highest BCUT2D eigenvalue weighted by Crippen LogP contribution is 2.45. The predicted molar refractivity (Wildman–Crippen MR) is 99.8 cm³/mol. The van der Waals surface area contributed by atoms with Gasteiger partial charge in [0.15, 0.2) is 0 Å². The first-order chi connectivity index (χ1) is 12.6. The Morgan fingerprint density at radius 2 is 1.93 bits per heavy atom. The van der Waals surface area contributed by atoms with Crippen molar-refractivity contribution in [2.45, 2.75) is 51.2 Å². The highest BCUT2D eigenvalue weighted by Gasteiger charge is 2.54. The van der Waals surface area contributed by atoms with Crippen molar-refractivity contribution in [3.8, 4) is 11.5 Å². The van der Waals surface area contributed by atoms with Gasteiger partial charge < -0.3 is 24.4 Å². The molecule has 1 saturated heterocycles. The van der Waals surface area contributed by atoms with Crippen molar-refractivity contribution in [2.24, 2.45) is 0 Å². The number of phenols is 1. The molecule has 1 saturated carbocycles. The van der Waals surface area contributed by atoms with Crippen molar-refractivity contribution in [3.63, 3.8) is 0 Å². The van der Waals surface area contributed by atoms with E-state index in [0.29, 0.717) is 30.9 Å². The molecule has 0 unspecified atom stereocenters. The van der Waals surface area contributed by atoms with Gasteiger partial charge in [-0.1, -0.05) is 0 Å². The van der Waals surface area contributed by atoms with Gasteiger partial charge in [0.05, 0.1) is 19.1 Å². The third-order valence-electron chi connectivity index (χ3n) is 5.04. The Kier molecular flexibility index (Phi) is 4.97. The molecule has 3 rings (SSSR count). The van der Waals surface area contributed by atoms with Gasteiger partial charge in [-0.15, -0.1) is 0 Å². The first-order valence-corrected chi connectivity index (χ1v) is 9.28. The van der Waals surface area contributed by atoms with Crippen LogP contribution in [0, 0.1) is 0 Å². The molecule has 2 aliphatic rings. The van der Waals surface area contributed by atoms with Crippen molar-refractivity contribution in [2.75, 3.05) is 26.7 Å². The number of benzene rings is 1. The number of phenolic OH excluding ortho intramolecular Hbond substituents is 1. The van der Waals surface area contributed by atoms with E-state index in [1.807, 2.05) is 25.7 Å². The van der Waals surface area contributed by atoms with Crippen LogP contribution >= 0.6 is 0 Å². The van der Waals surface area contributed by atoms with E-state index in [1.54, 1.807) is 24.1 Å². The monoisotopic (exact) mass is 376 g/mol. The molecular weight excluding hydrogens is 348 g/mol. The summed E-state index contributed by atoms with van der Waals surface area (Å²) < 4.78 is 10.8. The molecule has 2 fully saturated rings. The second-order valence-electron chi connectivity index (χ2n) is 8.34. The molecule has 1 aliphatic carbocycles. The minimum absolute atomic E-state index is 0.0137. The average molecular weight is 376 g/mol. The van der Waals surface area contributed by atoms with Crippen molar-refractivity contribution in [3.05, 3.63) is 23.8 Å². The maximum Gasteiger partial charge on any atom is 0.410 e. The molecule has 0 radical (unpaired) electrons. The summed E-state index contributed by atoms with van der Waals surface area (Å²) in [6, 6.07) is 4.76. The van der Waals surface area contributed by atoms with Crippen LogP contribution < -0.4 is 4.74 Å². The van der Waals surface area contributed by atoms with Gasteiger partial charge in [0.1, 0.15) is 17.1 Å². The second-order valence-corrected chi connectivity index (χ2v) is 8.34. The normalized spacial score (nSPS) is 18.4. The minimum Gasteiger partial charge on any atom is -0.508 e. The zero-order chi connectivity index (χ0) is 19.8. The molecule has 0 bridgehead atoms. The number of rotatable bonds is 3. The maximum atomic E-state index is 13.0. The smallest absolute Gasteiger partial charge is 0.410 e. The number of amides is 2. The molecule has 7 nitrogen and oxygen atoms in total. The van der Waals surface area contributed by atoms with E-state index in [-0.39, 0.29) is 29.7 Å². The minimum atomic E-state index is -0.535. The van der Waals surface area contributed by atoms with Crippen molar-refractivity contribution < 1.29 is 24.2 Å². The topological polar surface area (TPSA) is 79.3 Å². The summed E-state index contributed by atoms with van der Waals surface area (Å²) in [6.45, 7) is 6.99. The number of aromatic hydroxyl groups is 1. The molecule has 1 aromatic carbocycles. The van der Waals surface area contributed by atoms with Crippen LogP contribution in [-0.4, -0.2) is 64.8 Å². The van der Waals surface area contributed by atoms with Crippen LogP contribution in [0.25, 0.3) is 0 Å². The third-order valence-corrected chi connectivity index (χ3v) is 5.04. The number of hydrogen-bond acceptors (Lipinski definition) is 5. The molecule has 7 heteroatoms. The van der Waals surface area contributed by atoms with Gasteiger partial charge in [-0.25, -0.2) is 4.79 Å². The van der Waals surface area contributed by atoms with E-state index in [9.17, 15) is 14.7 Å². The Balaban J connectivity index is 1.68. The van der Waals surface area contributed by atoms with Gasteiger partial charge in [0, 0.05) is 25.2 Å². The number of ether oxygens (including phenoxy) is 2. The van der Waals surface area contributed by atoms with Crippen LogP contribution in [-0.2, 0) is 16.0 Å². The Hall–Kier alpha value is -2.44. The van der Waals surface area contributed by atoms with Crippen LogP contribution in [0.3, 0.4) is 0 Å². The van der Waals surface area contributed by atoms with Gasteiger partial charge in [-0.3, -0.25) is 4.79 Å². The molecule has 1 aliphatic heterocycles. The average Bonchev–Trinajstić information content (AvgIpc) is 3.32. The maximum absolute atomic E-state index is 13.0. The summed E-state index contributed by atoms with van der Waals surface area (Å²) in [5, 5.41) is 9.72. The number of carbonyl (C=O) groups is 2. The van der Waals surface area contributed by atoms with Crippen LogP contribution in [0.1, 0.15) is 39.2 Å². The van der Waals surface area contributed by atoms with Gasteiger partial charge in [-0.2, -0.15) is 0 Å². The number of carbonyl (C=O) groups excluding carboxylic acids is 2. The van der Waals surface area contributed by atoms with E-state index >= 15 is 0 Å².